The standard InChI is InChI=1S/C13H15FN4O3S/c1-8(2)18-7-9(16-17-18)6-15-13(19)11-5-10(22(20)21)3-4-12(11)14/h3-5,7-8H,6H2,1-2H3,(H,15,19)(H,20,21)/p-1. The molecule has 0 aliphatic heterocycles. The zero-order valence-electron chi connectivity index (χ0n) is 11.9. The molecule has 118 valence electrons. The number of halogens is 1. The molecule has 1 atom stereocenters. The third-order valence-electron chi connectivity index (χ3n) is 2.89. The molecule has 0 bridgehead atoms. The van der Waals surface area contributed by atoms with Crippen molar-refractivity contribution in [3.8, 4) is 0 Å². The van der Waals surface area contributed by atoms with Crippen molar-refractivity contribution in [1.82, 2.24) is 20.3 Å². The summed E-state index contributed by atoms with van der Waals surface area (Å²) >= 11 is -2.53. The Kier molecular flexibility index (Phi) is 4.99. The van der Waals surface area contributed by atoms with Crippen LogP contribution in [0.4, 0.5) is 4.39 Å². The normalized spacial score (nSPS) is 12.4. The van der Waals surface area contributed by atoms with Gasteiger partial charge in [-0.1, -0.05) is 5.21 Å². The first-order valence-electron chi connectivity index (χ1n) is 6.46. The van der Waals surface area contributed by atoms with Gasteiger partial charge in [-0.25, -0.2) is 9.07 Å². The Morgan fingerprint density at radius 2 is 2.23 bits per heavy atom. The molecule has 1 heterocycles. The molecule has 0 aliphatic rings. The molecule has 7 nitrogen and oxygen atoms in total. The Morgan fingerprint density at radius 3 is 2.82 bits per heavy atom. The second-order valence-electron chi connectivity index (χ2n) is 4.84. The Morgan fingerprint density at radius 1 is 1.50 bits per heavy atom. The highest BCUT2D eigenvalue weighted by atomic mass is 32.2. The van der Waals surface area contributed by atoms with Crippen molar-refractivity contribution in [1.29, 1.82) is 0 Å². The summed E-state index contributed by atoms with van der Waals surface area (Å²) in [5.41, 5.74) is 0.184. The van der Waals surface area contributed by atoms with E-state index in [-0.39, 0.29) is 23.0 Å². The molecule has 0 spiro atoms. The van der Waals surface area contributed by atoms with E-state index in [1.165, 1.54) is 0 Å². The van der Waals surface area contributed by atoms with Gasteiger partial charge >= 0.3 is 0 Å². The molecule has 2 aromatic rings. The van der Waals surface area contributed by atoms with Crippen molar-refractivity contribution in [3.05, 3.63) is 41.5 Å². The number of rotatable bonds is 5. The minimum absolute atomic E-state index is 0.0652. The highest BCUT2D eigenvalue weighted by Gasteiger charge is 2.13. The largest absolute Gasteiger partial charge is 0.768 e. The molecule has 0 aliphatic carbocycles. The monoisotopic (exact) mass is 325 g/mol. The van der Waals surface area contributed by atoms with Gasteiger partial charge in [0.2, 0.25) is 0 Å². The number of amides is 1. The lowest BCUT2D eigenvalue weighted by atomic mass is 10.2. The number of nitrogens with zero attached hydrogens (tertiary/aromatic N) is 3. The Balaban J connectivity index is 2.08. The molecule has 0 fully saturated rings. The lowest BCUT2D eigenvalue weighted by Crippen LogP contribution is -2.24. The van der Waals surface area contributed by atoms with Gasteiger partial charge in [-0.05, 0) is 43.1 Å². The van der Waals surface area contributed by atoms with Gasteiger partial charge in [0.05, 0.1) is 18.3 Å². The Bertz CT molecular complexity index is 717. The average Bonchev–Trinajstić information content (AvgIpc) is 2.94. The molecule has 2 rings (SSSR count). The third kappa shape index (κ3) is 3.74. The fourth-order valence-electron chi connectivity index (χ4n) is 1.69. The number of benzene rings is 1. The van der Waals surface area contributed by atoms with Crippen LogP contribution >= 0.6 is 0 Å². The third-order valence-corrected chi connectivity index (χ3v) is 3.53. The highest BCUT2D eigenvalue weighted by molar-refractivity contribution is 7.79. The minimum Gasteiger partial charge on any atom is -0.768 e. The van der Waals surface area contributed by atoms with Crippen LogP contribution in [-0.2, 0) is 17.6 Å². The van der Waals surface area contributed by atoms with Crippen molar-refractivity contribution >= 4 is 17.0 Å². The lowest BCUT2D eigenvalue weighted by Gasteiger charge is -2.09. The quantitative estimate of drug-likeness (QED) is 0.832. The molecule has 22 heavy (non-hydrogen) atoms. The predicted molar refractivity (Wildman–Crippen MR) is 75.2 cm³/mol. The molecule has 1 unspecified atom stereocenters. The molecule has 1 aromatic heterocycles. The molecule has 0 saturated heterocycles. The molecule has 1 N–H and O–H groups in total. The van der Waals surface area contributed by atoms with E-state index < -0.39 is 22.8 Å². The van der Waals surface area contributed by atoms with E-state index in [1.54, 1.807) is 10.9 Å². The Labute approximate surface area is 128 Å². The van der Waals surface area contributed by atoms with Gasteiger partial charge in [-0.15, -0.1) is 5.10 Å². The lowest BCUT2D eigenvalue weighted by molar-refractivity contribution is 0.0946. The van der Waals surface area contributed by atoms with Gasteiger partial charge in [0.1, 0.15) is 11.5 Å². The SMILES string of the molecule is CC(C)n1cc(CNC(=O)c2cc(S(=O)[O-])ccc2F)nn1. The fraction of sp³-hybridized carbons (Fsp3) is 0.308. The van der Waals surface area contributed by atoms with E-state index in [0.717, 1.165) is 18.2 Å². The number of aromatic nitrogens is 3. The van der Waals surface area contributed by atoms with Gasteiger partial charge in [0.15, 0.2) is 0 Å². The fourth-order valence-corrected chi connectivity index (χ4v) is 2.09. The van der Waals surface area contributed by atoms with Crippen LogP contribution in [0.25, 0.3) is 0 Å². The van der Waals surface area contributed by atoms with E-state index >= 15 is 0 Å². The van der Waals surface area contributed by atoms with Gasteiger partial charge < -0.3 is 9.87 Å². The minimum atomic E-state index is -2.53. The molecule has 0 saturated carbocycles. The summed E-state index contributed by atoms with van der Waals surface area (Å²) < 4.78 is 37.0. The molecular formula is C13H14FN4O3S-. The smallest absolute Gasteiger partial charge is 0.254 e. The number of hydrogen-bond donors (Lipinski definition) is 1. The van der Waals surface area contributed by atoms with Crippen LogP contribution in [0.2, 0.25) is 0 Å². The summed E-state index contributed by atoms with van der Waals surface area (Å²) in [5.74, 6) is -1.51. The second-order valence-corrected chi connectivity index (χ2v) is 5.78. The van der Waals surface area contributed by atoms with Crippen LogP contribution in [-0.4, -0.2) is 29.7 Å². The van der Waals surface area contributed by atoms with Crippen molar-refractivity contribution in [3.63, 3.8) is 0 Å². The summed E-state index contributed by atoms with van der Waals surface area (Å²) in [5, 5.41) is 10.2. The Hall–Kier alpha value is -2.13. The van der Waals surface area contributed by atoms with E-state index in [1.807, 2.05) is 13.8 Å². The maximum Gasteiger partial charge on any atom is 0.254 e. The van der Waals surface area contributed by atoms with E-state index in [0.29, 0.717) is 5.69 Å². The zero-order valence-corrected chi connectivity index (χ0v) is 12.8. The van der Waals surface area contributed by atoms with Crippen molar-refractivity contribution in [2.24, 2.45) is 0 Å². The summed E-state index contributed by atoms with van der Waals surface area (Å²) in [4.78, 5) is 11.8. The molecular weight excluding hydrogens is 311 g/mol. The van der Waals surface area contributed by atoms with Gasteiger partial charge in [-0.2, -0.15) is 0 Å². The molecule has 0 radical (unpaired) electrons. The summed E-state index contributed by atoms with van der Waals surface area (Å²) in [6.45, 7) is 3.93. The zero-order chi connectivity index (χ0) is 16.3. The van der Waals surface area contributed by atoms with Crippen LogP contribution in [0.15, 0.2) is 29.3 Å². The van der Waals surface area contributed by atoms with E-state index in [9.17, 15) is 17.9 Å². The molecule has 9 heteroatoms. The predicted octanol–water partition coefficient (Wildman–Crippen LogP) is 1.17. The van der Waals surface area contributed by atoms with Crippen molar-refractivity contribution < 1.29 is 17.9 Å². The van der Waals surface area contributed by atoms with E-state index in [4.69, 9.17) is 0 Å². The van der Waals surface area contributed by atoms with Crippen molar-refractivity contribution in [2.45, 2.75) is 31.3 Å². The van der Waals surface area contributed by atoms with Gasteiger partial charge in [0.25, 0.3) is 5.91 Å². The molecule has 1 amide bonds. The van der Waals surface area contributed by atoms with Crippen LogP contribution in [0, 0.1) is 5.82 Å². The average molecular weight is 325 g/mol. The van der Waals surface area contributed by atoms with Crippen LogP contribution < -0.4 is 5.32 Å². The van der Waals surface area contributed by atoms with Crippen molar-refractivity contribution in [2.75, 3.05) is 0 Å². The summed E-state index contributed by atoms with van der Waals surface area (Å²) in [6, 6.07) is 3.15. The van der Waals surface area contributed by atoms with Gasteiger partial charge in [-0.3, -0.25) is 9.00 Å². The first-order chi connectivity index (χ1) is 10.4. The highest BCUT2D eigenvalue weighted by Crippen LogP contribution is 2.13. The number of hydrogen-bond acceptors (Lipinski definition) is 5. The first kappa shape index (κ1) is 16.2. The number of carbonyl (C=O) groups excluding carboxylic acids is 1. The van der Waals surface area contributed by atoms with Crippen LogP contribution in [0.5, 0.6) is 0 Å². The van der Waals surface area contributed by atoms with Crippen LogP contribution in [0.1, 0.15) is 35.9 Å². The number of nitrogens with one attached hydrogen (secondary N) is 1. The van der Waals surface area contributed by atoms with E-state index in [2.05, 4.69) is 15.6 Å². The first-order valence-corrected chi connectivity index (χ1v) is 7.53. The topological polar surface area (TPSA) is 99.9 Å². The maximum absolute atomic E-state index is 13.6. The number of carbonyl (C=O) groups is 1. The van der Waals surface area contributed by atoms with Crippen LogP contribution in [0.3, 0.4) is 0 Å². The molecule has 1 aromatic carbocycles. The van der Waals surface area contributed by atoms with Gasteiger partial charge in [0, 0.05) is 10.9 Å². The summed E-state index contributed by atoms with van der Waals surface area (Å²) in [7, 11) is 0. The summed E-state index contributed by atoms with van der Waals surface area (Å²) in [6.07, 6.45) is 1.67. The second kappa shape index (κ2) is 6.75. The maximum atomic E-state index is 13.6.